The Morgan fingerprint density at radius 3 is 2.75 bits per heavy atom. The van der Waals surface area contributed by atoms with Gasteiger partial charge in [-0.05, 0) is 41.1 Å². The number of nitrogens with zero attached hydrogens (tertiary/aromatic N) is 4. The van der Waals surface area contributed by atoms with Gasteiger partial charge in [-0.3, -0.25) is 4.79 Å². The molecule has 0 fully saturated rings. The van der Waals surface area contributed by atoms with Crippen molar-refractivity contribution in [2.24, 2.45) is 0 Å². The molecule has 2 aromatic carbocycles. The Kier molecular flexibility index (Phi) is 4.85. The number of carbonyl (C=O) groups is 1. The predicted molar refractivity (Wildman–Crippen MR) is 89.6 cm³/mol. The summed E-state index contributed by atoms with van der Waals surface area (Å²) in [6.07, 6.45) is 0. The van der Waals surface area contributed by atoms with E-state index in [2.05, 4.69) is 20.8 Å². The molecule has 1 heterocycles. The number of thioether (sulfide) groups is 1. The summed E-state index contributed by atoms with van der Waals surface area (Å²) in [7, 11) is 0. The van der Waals surface area contributed by atoms with Crippen LogP contribution in [0.25, 0.3) is 5.69 Å². The molecule has 6 nitrogen and oxygen atoms in total. The lowest BCUT2D eigenvalue weighted by Crippen LogP contribution is -2.15. The summed E-state index contributed by atoms with van der Waals surface area (Å²) < 4.78 is 15.1. The number of tetrazole rings is 1. The fourth-order valence-electron chi connectivity index (χ4n) is 2.10. The van der Waals surface area contributed by atoms with E-state index in [1.54, 1.807) is 16.8 Å². The van der Waals surface area contributed by atoms with Crippen LogP contribution in [0.5, 0.6) is 0 Å². The number of hydrogen-bond acceptors (Lipinski definition) is 5. The topological polar surface area (TPSA) is 72.7 Å². The lowest BCUT2D eigenvalue weighted by molar-refractivity contribution is -0.113. The van der Waals surface area contributed by atoms with Gasteiger partial charge in [-0.1, -0.05) is 42.1 Å². The lowest BCUT2D eigenvalue weighted by Gasteiger charge is -2.08. The van der Waals surface area contributed by atoms with Crippen molar-refractivity contribution in [2.75, 3.05) is 11.1 Å². The van der Waals surface area contributed by atoms with Crippen molar-refractivity contribution in [3.05, 3.63) is 59.9 Å². The molecule has 0 aliphatic heterocycles. The molecule has 0 unspecified atom stereocenters. The largest absolute Gasteiger partial charge is 0.323 e. The Morgan fingerprint density at radius 1 is 1.21 bits per heavy atom. The van der Waals surface area contributed by atoms with Crippen LogP contribution in [0.15, 0.2) is 53.7 Å². The first-order valence-electron chi connectivity index (χ1n) is 7.16. The van der Waals surface area contributed by atoms with Crippen LogP contribution >= 0.6 is 11.8 Å². The zero-order valence-electron chi connectivity index (χ0n) is 12.8. The molecule has 0 aliphatic carbocycles. The molecule has 24 heavy (non-hydrogen) atoms. The molecule has 0 aliphatic rings. The molecule has 1 N–H and O–H groups in total. The third-order valence-corrected chi connectivity index (χ3v) is 4.18. The van der Waals surface area contributed by atoms with Gasteiger partial charge in [0.05, 0.1) is 17.1 Å². The molecule has 1 amide bonds. The van der Waals surface area contributed by atoms with Gasteiger partial charge in [0.1, 0.15) is 5.82 Å². The fraction of sp³-hybridized carbons (Fsp3) is 0.125. The van der Waals surface area contributed by atoms with E-state index in [9.17, 15) is 9.18 Å². The second-order valence-corrected chi connectivity index (χ2v) is 5.92. The first-order chi connectivity index (χ1) is 11.6. The molecule has 0 atom stereocenters. The van der Waals surface area contributed by atoms with Crippen LogP contribution < -0.4 is 5.32 Å². The van der Waals surface area contributed by atoms with Crippen LogP contribution in [0.4, 0.5) is 10.1 Å². The number of carbonyl (C=O) groups excluding carboxylic acids is 1. The fourth-order valence-corrected chi connectivity index (χ4v) is 2.78. The molecule has 8 heteroatoms. The molecule has 0 saturated carbocycles. The highest BCUT2D eigenvalue weighted by molar-refractivity contribution is 7.99. The number of halogens is 1. The van der Waals surface area contributed by atoms with Crippen LogP contribution in [0, 0.1) is 12.7 Å². The second-order valence-electron chi connectivity index (χ2n) is 4.98. The molecule has 0 spiro atoms. The molecule has 3 aromatic rings. The van der Waals surface area contributed by atoms with Gasteiger partial charge >= 0.3 is 0 Å². The van der Waals surface area contributed by atoms with E-state index in [-0.39, 0.29) is 17.3 Å². The summed E-state index contributed by atoms with van der Waals surface area (Å²) in [5, 5.41) is 14.6. The van der Waals surface area contributed by atoms with Crippen molar-refractivity contribution in [3.8, 4) is 5.69 Å². The summed E-state index contributed by atoms with van der Waals surface area (Å²) in [6.45, 7) is 1.95. The van der Waals surface area contributed by atoms with Crippen LogP contribution in [-0.4, -0.2) is 31.9 Å². The molecular formula is C16H14FN5OS. The highest BCUT2D eigenvalue weighted by Crippen LogP contribution is 2.21. The highest BCUT2D eigenvalue weighted by Gasteiger charge is 2.13. The van der Waals surface area contributed by atoms with E-state index in [1.807, 2.05) is 31.2 Å². The SMILES string of the molecule is Cc1ccccc1-n1nnnc1SCC(=O)Nc1ccccc1F. The number of anilines is 1. The van der Waals surface area contributed by atoms with Crippen LogP contribution in [0.2, 0.25) is 0 Å². The highest BCUT2D eigenvalue weighted by atomic mass is 32.2. The van der Waals surface area contributed by atoms with Crippen molar-refractivity contribution >= 4 is 23.4 Å². The minimum absolute atomic E-state index is 0.0700. The lowest BCUT2D eigenvalue weighted by atomic mass is 10.2. The smallest absolute Gasteiger partial charge is 0.234 e. The molecule has 1 aromatic heterocycles. The van der Waals surface area contributed by atoms with Crippen molar-refractivity contribution in [1.82, 2.24) is 20.2 Å². The van der Waals surface area contributed by atoms with E-state index in [4.69, 9.17) is 0 Å². The van der Waals surface area contributed by atoms with Gasteiger partial charge in [0.25, 0.3) is 0 Å². The van der Waals surface area contributed by atoms with Gasteiger partial charge in [0.2, 0.25) is 11.1 Å². The Morgan fingerprint density at radius 2 is 1.96 bits per heavy atom. The standard InChI is InChI=1S/C16H14FN5OS/c1-11-6-2-5-9-14(11)22-16(19-20-21-22)24-10-15(23)18-13-8-4-3-7-12(13)17/h2-9H,10H2,1H3,(H,18,23). The van der Waals surface area contributed by atoms with Gasteiger partial charge < -0.3 is 5.32 Å². The Hall–Kier alpha value is -2.74. The minimum Gasteiger partial charge on any atom is -0.323 e. The van der Waals surface area contributed by atoms with Gasteiger partial charge in [-0.2, -0.15) is 4.68 Å². The summed E-state index contributed by atoms with van der Waals surface area (Å²) in [6, 6.07) is 13.7. The van der Waals surface area contributed by atoms with Crippen LogP contribution in [-0.2, 0) is 4.79 Å². The Labute approximate surface area is 142 Å². The summed E-state index contributed by atoms with van der Waals surface area (Å²) >= 11 is 1.18. The molecule has 0 bridgehead atoms. The summed E-state index contributed by atoms with van der Waals surface area (Å²) in [4.78, 5) is 12.0. The van der Waals surface area contributed by atoms with E-state index < -0.39 is 5.82 Å². The first kappa shape index (κ1) is 16.1. The monoisotopic (exact) mass is 343 g/mol. The second kappa shape index (κ2) is 7.22. The average Bonchev–Trinajstić information content (AvgIpc) is 3.04. The number of para-hydroxylation sites is 2. The van der Waals surface area contributed by atoms with Gasteiger partial charge in [-0.25, -0.2) is 4.39 Å². The first-order valence-corrected chi connectivity index (χ1v) is 8.15. The van der Waals surface area contributed by atoms with Gasteiger partial charge in [0.15, 0.2) is 0 Å². The summed E-state index contributed by atoms with van der Waals surface area (Å²) in [5.74, 6) is -0.731. The van der Waals surface area contributed by atoms with Crippen LogP contribution in [0.3, 0.4) is 0 Å². The number of benzene rings is 2. The van der Waals surface area contributed by atoms with E-state index >= 15 is 0 Å². The molecule has 0 radical (unpaired) electrons. The Bertz CT molecular complexity index is 867. The number of aryl methyl sites for hydroxylation is 1. The number of amides is 1. The van der Waals surface area contributed by atoms with Crippen molar-refractivity contribution in [3.63, 3.8) is 0 Å². The van der Waals surface area contributed by atoms with Crippen molar-refractivity contribution in [1.29, 1.82) is 0 Å². The Balaban J connectivity index is 1.68. The zero-order valence-corrected chi connectivity index (χ0v) is 13.6. The average molecular weight is 343 g/mol. The van der Waals surface area contributed by atoms with Crippen LogP contribution in [0.1, 0.15) is 5.56 Å². The van der Waals surface area contributed by atoms with Crippen molar-refractivity contribution < 1.29 is 9.18 Å². The number of rotatable bonds is 5. The van der Waals surface area contributed by atoms with E-state index in [0.717, 1.165) is 11.3 Å². The number of hydrogen-bond donors (Lipinski definition) is 1. The maximum absolute atomic E-state index is 13.5. The zero-order chi connectivity index (χ0) is 16.9. The predicted octanol–water partition coefficient (Wildman–Crippen LogP) is 2.84. The van der Waals surface area contributed by atoms with Gasteiger partial charge in [-0.15, -0.1) is 5.10 Å². The normalized spacial score (nSPS) is 10.6. The molecule has 122 valence electrons. The molecule has 0 saturated heterocycles. The van der Waals surface area contributed by atoms with E-state index in [1.165, 1.54) is 23.9 Å². The maximum atomic E-state index is 13.5. The van der Waals surface area contributed by atoms with Crippen molar-refractivity contribution in [2.45, 2.75) is 12.1 Å². The van der Waals surface area contributed by atoms with Gasteiger partial charge in [0, 0.05) is 0 Å². The third kappa shape index (κ3) is 3.60. The summed E-state index contributed by atoms with van der Waals surface area (Å²) in [5.41, 5.74) is 2.02. The minimum atomic E-state index is -0.472. The van der Waals surface area contributed by atoms with E-state index in [0.29, 0.717) is 5.16 Å². The number of nitrogens with one attached hydrogen (secondary N) is 1. The quantitative estimate of drug-likeness (QED) is 0.721. The number of aromatic nitrogens is 4. The maximum Gasteiger partial charge on any atom is 0.234 e. The molecule has 3 rings (SSSR count). The molecular weight excluding hydrogens is 329 g/mol. The third-order valence-electron chi connectivity index (χ3n) is 3.26.